The maximum absolute atomic E-state index is 12.9. The van der Waals surface area contributed by atoms with E-state index in [0.717, 1.165) is 39.2 Å². The first-order chi connectivity index (χ1) is 17.5. The summed E-state index contributed by atoms with van der Waals surface area (Å²) in [6.07, 6.45) is 1.70. The number of thioether (sulfide) groups is 1. The van der Waals surface area contributed by atoms with Gasteiger partial charge in [-0.05, 0) is 69.6 Å². The van der Waals surface area contributed by atoms with Crippen molar-refractivity contribution in [2.45, 2.75) is 13.2 Å². The number of ether oxygens (including phenoxy) is 2. The first kappa shape index (κ1) is 24.0. The number of hydrogen-bond acceptors (Lipinski definition) is 5. The summed E-state index contributed by atoms with van der Waals surface area (Å²) in [4.78, 5) is 27.0. The first-order valence-corrected chi connectivity index (χ1v) is 12.5. The van der Waals surface area contributed by atoms with Crippen LogP contribution in [0.4, 0.5) is 4.79 Å². The zero-order valence-electron chi connectivity index (χ0n) is 19.4. The van der Waals surface area contributed by atoms with E-state index in [1.54, 1.807) is 43.5 Å². The third kappa shape index (κ3) is 5.10. The highest BCUT2D eigenvalue weighted by atomic mass is 35.5. The van der Waals surface area contributed by atoms with Gasteiger partial charge in [0, 0.05) is 5.02 Å². The number of nitrogens with zero attached hydrogens (tertiary/aromatic N) is 1. The lowest BCUT2D eigenvalue weighted by Crippen LogP contribution is -2.27. The van der Waals surface area contributed by atoms with E-state index < -0.39 is 0 Å². The molecule has 1 aliphatic heterocycles. The molecule has 4 aromatic rings. The summed E-state index contributed by atoms with van der Waals surface area (Å²) in [5, 5.41) is 2.60. The number of carbonyl (C=O) groups excluding carboxylic acids is 2. The van der Waals surface area contributed by atoms with Gasteiger partial charge in [0.15, 0.2) is 11.5 Å². The molecule has 36 heavy (non-hydrogen) atoms. The Morgan fingerprint density at radius 1 is 0.917 bits per heavy atom. The van der Waals surface area contributed by atoms with Crippen molar-refractivity contribution in [3.05, 3.63) is 112 Å². The van der Waals surface area contributed by atoms with Crippen LogP contribution in [0.1, 0.15) is 16.7 Å². The van der Waals surface area contributed by atoms with Gasteiger partial charge in [0.25, 0.3) is 11.1 Å². The first-order valence-electron chi connectivity index (χ1n) is 11.3. The molecular weight excluding hydrogens is 494 g/mol. The fourth-order valence-electron chi connectivity index (χ4n) is 4.03. The minimum Gasteiger partial charge on any atom is -0.493 e. The summed E-state index contributed by atoms with van der Waals surface area (Å²) < 4.78 is 11.6. The molecule has 0 saturated carbocycles. The summed E-state index contributed by atoms with van der Waals surface area (Å²) >= 11 is 6.85. The fourth-order valence-corrected chi connectivity index (χ4v) is 4.99. The molecule has 5 nitrogen and oxygen atoms in total. The van der Waals surface area contributed by atoms with Crippen molar-refractivity contribution in [1.82, 2.24) is 4.90 Å². The lowest BCUT2D eigenvalue weighted by atomic mass is 10.1. The van der Waals surface area contributed by atoms with E-state index >= 15 is 0 Å². The maximum atomic E-state index is 12.9. The maximum Gasteiger partial charge on any atom is 0.293 e. The number of benzene rings is 4. The number of amides is 2. The van der Waals surface area contributed by atoms with Gasteiger partial charge >= 0.3 is 0 Å². The topological polar surface area (TPSA) is 55.8 Å². The van der Waals surface area contributed by atoms with E-state index in [-0.39, 0.29) is 17.7 Å². The Hall–Kier alpha value is -3.74. The number of fused-ring (bicyclic) bond motifs is 1. The Morgan fingerprint density at radius 2 is 1.69 bits per heavy atom. The van der Waals surface area contributed by atoms with E-state index in [4.69, 9.17) is 21.1 Å². The second-order valence-corrected chi connectivity index (χ2v) is 9.66. The minimum atomic E-state index is -0.324. The summed E-state index contributed by atoms with van der Waals surface area (Å²) in [7, 11) is 1.57. The number of carbonyl (C=O) groups is 2. The molecule has 1 heterocycles. The molecule has 0 aromatic heterocycles. The zero-order chi connectivity index (χ0) is 25.1. The molecule has 0 atom stereocenters. The Labute approximate surface area is 218 Å². The van der Waals surface area contributed by atoms with Crippen LogP contribution >= 0.6 is 23.4 Å². The molecule has 0 radical (unpaired) electrons. The van der Waals surface area contributed by atoms with Gasteiger partial charge in [-0.25, -0.2) is 0 Å². The van der Waals surface area contributed by atoms with Gasteiger partial charge < -0.3 is 9.47 Å². The molecule has 1 saturated heterocycles. The SMILES string of the molecule is COc1cc(/C=C2\SC(=O)N(Cc3ccc(Cl)cc3)C2=O)ccc1OCc1cccc2ccccc12. The summed E-state index contributed by atoms with van der Waals surface area (Å²) in [5.41, 5.74) is 2.65. The van der Waals surface area contributed by atoms with E-state index in [1.807, 2.05) is 36.4 Å². The van der Waals surface area contributed by atoms with Crippen LogP contribution < -0.4 is 9.47 Å². The Bertz CT molecular complexity index is 1480. The van der Waals surface area contributed by atoms with Crippen LogP contribution in [0.5, 0.6) is 11.5 Å². The molecule has 1 aliphatic rings. The highest BCUT2D eigenvalue weighted by Gasteiger charge is 2.35. The normalized spacial score (nSPS) is 14.6. The summed E-state index contributed by atoms with van der Waals surface area (Å²) in [5.74, 6) is 0.818. The molecule has 1 fully saturated rings. The van der Waals surface area contributed by atoms with Crippen LogP contribution in [0.2, 0.25) is 5.02 Å². The highest BCUT2D eigenvalue weighted by Crippen LogP contribution is 2.35. The molecule has 0 N–H and O–H groups in total. The monoisotopic (exact) mass is 515 g/mol. The fraction of sp³-hybridized carbons (Fsp3) is 0.103. The van der Waals surface area contributed by atoms with Gasteiger partial charge in [-0.2, -0.15) is 0 Å². The second kappa shape index (κ2) is 10.5. The van der Waals surface area contributed by atoms with Crippen molar-refractivity contribution in [2.24, 2.45) is 0 Å². The lowest BCUT2D eigenvalue weighted by molar-refractivity contribution is -0.123. The molecule has 0 unspecified atom stereocenters. The van der Waals surface area contributed by atoms with Gasteiger partial charge in [-0.15, -0.1) is 0 Å². The number of methoxy groups -OCH3 is 1. The Kier molecular flexibility index (Phi) is 6.98. The van der Waals surface area contributed by atoms with Crippen LogP contribution in [0.25, 0.3) is 16.8 Å². The van der Waals surface area contributed by atoms with Crippen molar-refractivity contribution >= 4 is 51.4 Å². The summed E-state index contributed by atoms with van der Waals surface area (Å²) in [6.45, 7) is 0.587. The molecule has 0 spiro atoms. The average molecular weight is 516 g/mol. The highest BCUT2D eigenvalue weighted by molar-refractivity contribution is 8.18. The largest absolute Gasteiger partial charge is 0.493 e. The number of imide groups is 1. The smallest absolute Gasteiger partial charge is 0.293 e. The van der Waals surface area contributed by atoms with Gasteiger partial charge in [-0.1, -0.05) is 72.3 Å². The average Bonchev–Trinajstić information content (AvgIpc) is 3.16. The molecule has 0 aliphatic carbocycles. The number of halogens is 1. The molecule has 4 aromatic carbocycles. The third-order valence-corrected chi connectivity index (χ3v) is 7.04. The van der Waals surface area contributed by atoms with E-state index in [1.165, 1.54) is 4.90 Å². The predicted octanol–water partition coefficient (Wildman–Crippen LogP) is 7.32. The quantitative estimate of drug-likeness (QED) is 0.241. The van der Waals surface area contributed by atoms with Gasteiger partial charge in [0.2, 0.25) is 0 Å². The van der Waals surface area contributed by atoms with E-state index in [2.05, 4.69) is 18.2 Å². The van der Waals surface area contributed by atoms with Crippen LogP contribution in [-0.2, 0) is 17.9 Å². The second-order valence-electron chi connectivity index (χ2n) is 8.23. The standard InChI is InChI=1S/C29H22ClNO4S/c1-34-26-15-20(11-14-25(26)35-18-22-7-4-6-21-5-2-3-8-24(21)22)16-27-28(32)31(29(33)36-27)17-19-9-12-23(30)13-10-19/h2-16H,17-18H2,1H3/b27-16-. The van der Waals surface area contributed by atoms with Gasteiger partial charge in [-0.3, -0.25) is 14.5 Å². The Morgan fingerprint density at radius 3 is 2.50 bits per heavy atom. The van der Waals surface area contributed by atoms with Gasteiger partial charge in [0.1, 0.15) is 6.61 Å². The van der Waals surface area contributed by atoms with Crippen molar-refractivity contribution < 1.29 is 19.1 Å². The summed E-state index contributed by atoms with van der Waals surface area (Å²) in [6, 6.07) is 26.8. The zero-order valence-corrected chi connectivity index (χ0v) is 21.0. The van der Waals surface area contributed by atoms with E-state index in [0.29, 0.717) is 28.0 Å². The number of rotatable bonds is 7. The molecule has 180 valence electrons. The van der Waals surface area contributed by atoms with Gasteiger partial charge in [0.05, 0.1) is 18.6 Å². The Balaban J connectivity index is 1.32. The molecular formula is C29H22ClNO4S. The van der Waals surface area contributed by atoms with Crippen molar-refractivity contribution in [3.8, 4) is 11.5 Å². The van der Waals surface area contributed by atoms with E-state index in [9.17, 15) is 9.59 Å². The molecule has 0 bridgehead atoms. The molecule has 5 rings (SSSR count). The van der Waals surface area contributed by atoms with Crippen LogP contribution in [0, 0.1) is 0 Å². The predicted molar refractivity (Wildman–Crippen MR) is 144 cm³/mol. The van der Waals surface area contributed by atoms with Crippen LogP contribution in [-0.4, -0.2) is 23.2 Å². The minimum absolute atomic E-state index is 0.198. The molecule has 2 amide bonds. The third-order valence-electron chi connectivity index (χ3n) is 5.88. The van der Waals surface area contributed by atoms with Crippen LogP contribution in [0.3, 0.4) is 0 Å². The van der Waals surface area contributed by atoms with Crippen molar-refractivity contribution in [2.75, 3.05) is 7.11 Å². The van der Waals surface area contributed by atoms with Crippen molar-refractivity contribution in [1.29, 1.82) is 0 Å². The number of hydrogen-bond donors (Lipinski definition) is 0. The van der Waals surface area contributed by atoms with Crippen LogP contribution in [0.15, 0.2) is 89.8 Å². The lowest BCUT2D eigenvalue weighted by Gasteiger charge is -2.13. The van der Waals surface area contributed by atoms with Crippen molar-refractivity contribution in [3.63, 3.8) is 0 Å². The molecule has 7 heteroatoms.